The van der Waals surface area contributed by atoms with Crippen molar-refractivity contribution in [2.45, 2.75) is 31.3 Å². The Morgan fingerprint density at radius 2 is 1.81 bits per heavy atom. The number of amides is 2. The summed E-state index contributed by atoms with van der Waals surface area (Å²) in [4.78, 5) is 17.4. The predicted octanol–water partition coefficient (Wildman–Crippen LogP) is 1.70. The number of nitrogens with one attached hydrogen (secondary N) is 2. The molecule has 31 heavy (non-hydrogen) atoms. The summed E-state index contributed by atoms with van der Waals surface area (Å²) in [5.41, 5.74) is 1.20. The Bertz CT molecular complexity index is 681. The summed E-state index contributed by atoms with van der Waals surface area (Å²) in [7, 11) is 1.68. The van der Waals surface area contributed by atoms with Gasteiger partial charge < -0.3 is 29.7 Å². The molecule has 3 heterocycles. The van der Waals surface area contributed by atoms with E-state index in [1.807, 2.05) is 12.1 Å². The molecule has 4 rings (SSSR count). The molecular formula is C23H36N4O4. The topological polar surface area (TPSA) is 75.3 Å². The van der Waals surface area contributed by atoms with Gasteiger partial charge in [0.2, 0.25) is 0 Å². The van der Waals surface area contributed by atoms with Gasteiger partial charge in [-0.05, 0) is 43.5 Å². The minimum absolute atomic E-state index is 0.0555. The van der Waals surface area contributed by atoms with E-state index in [4.69, 9.17) is 14.2 Å². The second kappa shape index (κ2) is 11.0. The van der Waals surface area contributed by atoms with Crippen molar-refractivity contribution in [1.29, 1.82) is 0 Å². The van der Waals surface area contributed by atoms with Crippen LogP contribution in [0.5, 0.6) is 5.75 Å². The number of ether oxygens (including phenoxy) is 3. The largest absolute Gasteiger partial charge is 0.497 e. The summed E-state index contributed by atoms with van der Waals surface area (Å²) in [6, 6.07) is 8.65. The van der Waals surface area contributed by atoms with E-state index in [1.165, 1.54) is 5.69 Å². The molecule has 2 atom stereocenters. The van der Waals surface area contributed by atoms with Crippen molar-refractivity contribution in [1.82, 2.24) is 15.5 Å². The van der Waals surface area contributed by atoms with Crippen LogP contribution in [0.25, 0.3) is 0 Å². The first-order valence-corrected chi connectivity index (χ1v) is 11.6. The van der Waals surface area contributed by atoms with Crippen LogP contribution in [-0.4, -0.2) is 89.3 Å². The highest BCUT2D eigenvalue weighted by molar-refractivity contribution is 5.74. The molecule has 0 spiro atoms. The number of piperidine rings is 1. The maximum atomic E-state index is 12.6. The molecule has 1 aromatic carbocycles. The Balaban J connectivity index is 1.22. The minimum Gasteiger partial charge on any atom is -0.497 e. The maximum absolute atomic E-state index is 12.6. The van der Waals surface area contributed by atoms with E-state index in [2.05, 4.69) is 32.6 Å². The van der Waals surface area contributed by atoms with Gasteiger partial charge in [0.1, 0.15) is 5.75 Å². The molecule has 0 bridgehead atoms. The van der Waals surface area contributed by atoms with Crippen LogP contribution in [0.1, 0.15) is 19.3 Å². The van der Waals surface area contributed by atoms with Crippen LogP contribution in [0.4, 0.5) is 10.5 Å². The lowest BCUT2D eigenvalue weighted by Gasteiger charge is -2.38. The van der Waals surface area contributed by atoms with E-state index in [1.54, 1.807) is 7.11 Å². The van der Waals surface area contributed by atoms with Crippen molar-refractivity contribution in [2.24, 2.45) is 5.92 Å². The van der Waals surface area contributed by atoms with E-state index in [0.29, 0.717) is 18.5 Å². The molecule has 0 aliphatic carbocycles. The molecule has 3 aliphatic rings. The number of carbonyl (C=O) groups is 1. The van der Waals surface area contributed by atoms with Crippen molar-refractivity contribution in [3.8, 4) is 5.75 Å². The Labute approximate surface area is 185 Å². The fourth-order valence-electron chi connectivity index (χ4n) is 4.87. The first-order valence-electron chi connectivity index (χ1n) is 11.6. The number of hydrogen-bond donors (Lipinski definition) is 2. The number of rotatable bonds is 7. The number of methoxy groups -OCH3 is 1. The number of urea groups is 1. The van der Waals surface area contributed by atoms with Crippen LogP contribution in [0.3, 0.4) is 0 Å². The molecule has 3 fully saturated rings. The fraction of sp³-hybridized carbons (Fsp3) is 0.696. The number of morpholine rings is 1. The van der Waals surface area contributed by atoms with Gasteiger partial charge in [-0.25, -0.2) is 4.79 Å². The molecule has 172 valence electrons. The Morgan fingerprint density at radius 1 is 1.06 bits per heavy atom. The molecule has 2 unspecified atom stereocenters. The van der Waals surface area contributed by atoms with E-state index < -0.39 is 0 Å². The number of anilines is 1. The summed E-state index contributed by atoms with van der Waals surface area (Å²) in [5, 5.41) is 6.33. The summed E-state index contributed by atoms with van der Waals surface area (Å²) in [6.45, 7) is 7.53. The summed E-state index contributed by atoms with van der Waals surface area (Å²) >= 11 is 0. The van der Waals surface area contributed by atoms with Crippen molar-refractivity contribution in [3.63, 3.8) is 0 Å². The van der Waals surface area contributed by atoms with E-state index >= 15 is 0 Å². The van der Waals surface area contributed by atoms with Gasteiger partial charge >= 0.3 is 6.03 Å². The lowest BCUT2D eigenvalue weighted by atomic mass is 9.97. The number of benzene rings is 1. The third kappa shape index (κ3) is 6.02. The Morgan fingerprint density at radius 3 is 2.45 bits per heavy atom. The molecule has 3 aliphatic heterocycles. The molecule has 0 saturated carbocycles. The lowest BCUT2D eigenvalue weighted by molar-refractivity contribution is 0.00210. The summed E-state index contributed by atoms with van der Waals surface area (Å²) in [5.74, 6) is 1.35. The fourth-order valence-corrected chi connectivity index (χ4v) is 4.87. The van der Waals surface area contributed by atoms with Crippen LogP contribution in [0.15, 0.2) is 24.3 Å². The minimum atomic E-state index is -0.0555. The molecule has 2 amide bonds. The zero-order valence-corrected chi connectivity index (χ0v) is 18.6. The van der Waals surface area contributed by atoms with Gasteiger partial charge in [-0.1, -0.05) is 0 Å². The predicted molar refractivity (Wildman–Crippen MR) is 120 cm³/mol. The zero-order chi connectivity index (χ0) is 21.5. The molecule has 2 N–H and O–H groups in total. The molecular weight excluding hydrogens is 396 g/mol. The average Bonchev–Trinajstić information content (AvgIpc) is 3.35. The van der Waals surface area contributed by atoms with Crippen LogP contribution >= 0.6 is 0 Å². The van der Waals surface area contributed by atoms with Crippen LogP contribution in [-0.2, 0) is 9.47 Å². The van der Waals surface area contributed by atoms with E-state index in [9.17, 15) is 4.79 Å². The molecule has 0 radical (unpaired) electrons. The second-order valence-corrected chi connectivity index (χ2v) is 8.65. The first-order chi connectivity index (χ1) is 15.2. The smallest absolute Gasteiger partial charge is 0.315 e. The maximum Gasteiger partial charge on any atom is 0.315 e. The molecule has 8 nitrogen and oxygen atoms in total. The van der Waals surface area contributed by atoms with E-state index in [0.717, 1.165) is 77.6 Å². The number of carbonyl (C=O) groups excluding carboxylic acids is 1. The monoisotopic (exact) mass is 432 g/mol. The van der Waals surface area contributed by atoms with E-state index in [-0.39, 0.29) is 12.1 Å². The molecule has 1 aromatic rings. The summed E-state index contributed by atoms with van der Waals surface area (Å²) < 4.78 is 16.4. The SMILES string of the molecule is COc1ccc(N2CCC(NC(=O)NCC(C3CCOC3)N3CCOCC3)CC2)cc1. The molecule has 0 aromatic heterocycles. The Hall–Kier alpha value is -2.03. The highest BCUT2D eigenvalue weighted by atomic mass is 16.5. The third-order valence-electron chi connectivity index (χ3n) is 6.76. The molecule has 3 saturated heterocycles. The van der Waals surface area contributed by atoms with Gasteiger partial charge in [-0.15, -0.1) is 0 Å². The van der Waals surface area contributed by atoms with Crippen molar-refractivity contribution < 1.29 is 19.0 Å². The van der Waals surface area contributed by atoms with Crippen LogP contribution < -0.4 is 20.3 Å². The Kier molecular flexibility index (Phi) is 7.88. The highest BCUT2D eigenvalue weighted by Gasteiger charge is 2.32. The van der Waals surface area contributed by atoms with Crippen molar-refractivity contribution in [3.05, 3.63) is 24.3 Å². The molecule has 8 heteroatoms. The number of nitrogens with zero attached hydrogens (tertiary/aromatic N) is 2. The van der Waals surface area contributed by atoms with Crippen molar-refractivity contribution >= 4 is 11.7 Å². The number of hydrogen-bond acceptors (Lipinski definition) is 6. The lowest BCUT2D eigenvalue weighted by Crippen LogP contribution is -2.54. The zero-order valence-electron chi connectivity index (χ0n) is 18.6. The second-order valence-electron chi connectivity index (χ2n) is 8.65. The quantitative estimate of drug-likeness (QED) is 0.683. The highest BCUT2D eigenvalue weighted by Crippen LogP contribution is 2.23. The van der Waals surface area contributed by atoms with Gasteiger partial charge in [-0.2, -0.15) is 0 Å². The van der Waals surface area contributed by atoms with Gasteiger partial charge in [-0.3, -0.25) is 4.90 Å². The van der Waals surface area contributed by atoms with Crippen molar-refractivity contribution in [2.75, 3.05) is 71.2 Å². The van der Waals surface area contributed by atoms with Crippen LogP contribution in [0, 0.1) is 5.92 Å². The van der Waals surface area contributed by atoms with Crippen LogP contribution in [0.2, 0.25) is 0 Å². The first kappa shape index (κ1) is 22.2. The summed E-state index contributed by atoms with van der Waals surface area (Å²) in [6.07, 6.45) is 2.96. The standard InChI is InChI=1S/C23H36N4O4/c1-29-21-4-2-20(3-5-21)26-9-6-19(7-10-26)25-23(28)24-16-22(18-8-13-31-17-18)27-11-14-30-15-12-27/h2-5,18-19,22H,6-17H2,1H3,(H2,24,25,28). The average molecular weight is 433 g/mol. The van der Waals surface area contributed by atoms with Gasteiger partial charge in [0, 0.05) is 63.0 Å². The van der Waals surface area contributed by atoms with Gasteiger partial charge in [0.15, 0.2) is 0 Å². The normalized spacial score (nSPS) is 24.0. The van der Waals surface area contributed by atoms with Gasteiger partial charge in [0.05, 0.1) is 26.9 Å². The third-order valence-corrected chi connectivity index (χ3v) is 6.76. The van der Waals surface area contributed by atoms with Gasteiger partial charge in [0.25, 0.3) is 0 Å².